The number of hydrogen-bond donors (Lipinski definition) is 2. The molecule has 0 saturated heterocycles. The number of nitrogens with one attached hydrogen (secondary N) is 1. The minimum atomic E-state index is -0.216. The van der Waals surface area contributed by atoms with Gasteiger partial charge in [-0.2, -0.15) is 0 Å². The monoisotopic (exact) mass is 456 g/mol. The lowest BCUT2D eigenvalue weighted by Gasteiger charge is -2.26. The van der Waals surface area contributed by atoms with E-state index >= 15 is 0 Å². The van der Waals surface area contributed by atoms with Gasteiger partial charge in [-0.05, 0) is 42.9 Å². The van der Waals surface area contributed by atoms with Gasteiger partial charge in [-0.25, -0.2) is 9.97 Å². The number of hydrogen-bond acceptors (Lipinski definition) is 8. The number of amides is 1. The lowest BCUT2D eigenvalue weighted by Crippen LogP contribution is -2.41. The molecule has 9 heteroatoms. The minimum absolute atomic E-state index is 0.103. The summed E-state index contributed by atoms with van der Waals surface area (Å²) in [5.74, 6) is 2.76. The highest BCUT2D eigenvalue weighted by Crippen LogP contribution is 2.40. The van der Waals surface area contributed by atoms with Crippen LogP contribution in [0.1, 0.15) is 23.8 Å². The van der Waals surface area contributed by atoms with Gasteiger partial charge in [-0.3, -0.25) is 4.79 Å². The summed E-state index contributed by atoms with van der Waals surface area (Å²) in [5, 5.41) is 4.45. The predicted molar refractivity (Wildman–Crippen MR) is 123 cm³/mol. The number of anilines is 1. The van der Waals surface area contributed by atoms with Crippen LogP contribution in [0.5, 0.6) is 11.5 Å². The molecule has 0 unspecified atom stereocenters. The van der Waals surface area contributed by atoms with Crippen LogP contribution in [0.2, 0.25) is 0 Å². The number of fused-ring (bicyclic) bond motifs is 4. The van der Waals surface area contributed by atoms with Gasteiger partial charge in [-0.15, -0.1) is 11.3 Å². The molecule has 1 aromatic carbocycles. The Morgan fingerprint density at radius 1 is 1.32 bits per heavy atom. The van der Waals surface area contributed by atoms with Crippen molar-refractivity contribution in [3.8, 4) is 11.5 Å². The molecule has 3 heterocycles. The van der Waals surface area contributed by atoms with Crippen LogP contribution < -0.4 is 20.5 Å². The molecule has 0 spiro atoms. The molecule has 1 amide bonds. The molecule has 5 rings (SSSR count). The molecule has 2 aromatic heterocycles. The number of nitrogen functional groups attached to an aromatic ring is 1. The Hall–Kier alpha value is -2.52. The quantitative estimate of drug-likeness (QED) is 0.448. The highest BCUT2D eigenvalue weighted by Gasteiger charge is 2.24. The molecule has 2 aliphatic rings. The van der Waals surface area contributed by atoms with Gasteiger partial charge in [0.25, 0.3) is 0 Å². The van der Waals surface area contributed by atoms with Gasteiger partial charge in [0.15, 0.2) is 16.7 Å². The molecule has 2 atom stereocenters. The van der Waals surface area contributed by atoms with Crippen molar-refractivity contribution >= 4 is 45.0 Å². The third-order valence-electron chi connectivity index (χ3n) is 5.59. The number of carbonyl (C=O) groups is 1. The maximum absolute atomic E-state index is 12.3. The third kappa shape index (κ3) is 4.29. The van der Waals surface area contributed by atoms with Crippen LogP contribution in [0.3, 0.4) is 0 Å². The lowest BCUT2D eigenvalue weighted by atomic mass is 9.89. The fourth-order valence-corrected chi connectivity index (χ4v) is 6.12. The van der Waals surface area contributed by atoms with E-state index in [1.807, 2.05) is 24.3 Å². The summed E-state index contributed by atoms with van der Waals surface area (Å²) in [5.41, 5.74) is 7.59. The number of para-hydroxylation sites is 2. The van der Waals surface area contributed by atoms with E-state index in [1.165, 1.54) is 28.6 Å². The van der Waals surface area contributed by atoms with E-state index in [1.54, 1.807) is 11.3 Å². The number of benzene rings is 1. The van der Waals surface area contributed by atoms with Gasteiger partial charge >= 0.3 is 0 Å². The topological polar surface area (TPSA) is 99.4 Å². The Labute approximate surface area is 188 Å². The van der Waals surface area contributed by atoms with Gasteiger partial charge in [-0.1, -0.05) is 30.8 Å². The lowest BCUT2D eigenvalue weighted by molar-refractivity contribution is -0.119. The minimum Gasteiger partial charge on any atom is -0.486 e. The maximum atomic E-state index is 12.3. The van der Waals surface area contributed by atoms with Gasteiger partial charge < -0.3 is 20.5 Å². The van der Waals surface area contributed by atoms with Crippen LogP contribution in [0.15, 0.2) is 29.4 Å². The van der Waals surface area contributed by atoms with Crippen LogP contribution in [-0.2, 0) is 17.6 Å². The summed E-state index contributed by atoms with van der Waals surface area (Å²) in [7, 11) is 0. The number of thiophene rings is 1. The maximum Gasteiger partial charge on any atom is 0.230 e. The van der Waals surface area contributed by atoms with E-state index in [2.05, 4.69) is 22.2 Å². The normalized spacial score (nSPS) is 19.8. The second kappa shape index (κ2) is 8.55. The molecule has 3 N–H and O–H groups in total. The first kappa shape index (κ1) is 20.4. The highest BCUT2D eigenvalue weighted by atomic mass is 32.2. The van der Waals surface area contributed by atoms with Gasteiger partial charge in [0.1, 0.15) is 23.4 Å². The molecule has 1 aliphatic heterocycles. The zero-order valence-corrected chi connectivity index (χ0v) is 18.9. The number of rotatable bonds is 5. The second-order valence-corrected chi connectivity index (χ2v) is 10.0. The number of nitrogens with two attached hydrogens (primary N) is 1. The Balaban J connectivity index is 1.18. The van der Waals surface area contributed by atoms with E-state index in [0.717, 1.165) is 28.8 Å². The fourth-order valence-electron chi connectivity index (χ4n) is 3.99. The molecule has 7 nitrogen and oxygen atoms in total. The van der Waals surface area contributed by atoms with Crippen LogP contribution in [0, 0.1) is 5.92 Å². The second-order valence-electron chi connectivity index (χ2n) is 8.01. The molecule has 0 bridgehead atoms. The van der Waals surface area contributed by atoms with Crippen LogP contribution in [-0.4, -0.2) is 40.9 Å². The average Bonchev–Trinajstić information content (AvgIpc) is 3.14. The standard InChI is InChI=1S/C22H24N4O3S2/c1-12-6-7-14-17(8-12)31-21-19(14)20(23)25-22(26-21)30-11-18(27)24-9-13-10-28-15-4-2-3-5-16(15)29-13/h2-5,12-13H,6-11H2,1H3,(H,24,27)(H2,23,25,26)/t12-,13+/m0/s1. The van der Waals surface area contributed by atoms with Crippen LogP contribution in [0.4, 0.5) is 5.82 Å². The summed E-state index contributed by atoms with van der Waals surface area (Å²) in [6.07, 6.45) is 3.08. The molecule has 1 aliphatic carbocycles. The number of ether oxygens (including phenoxy) is 2. The Bertz CT molecular complexity index is 1130. The van der Waals surface area contributed by atoms with Gasteiger partial charge in [0.2, 0.25) is 5.91 Å². The van der Waals surface area contributed by atoms with Gasteiger partial charge in [0, 0.05) is 4.88 Å². The molecule has 31 heavy (non-hydrogen) atoms. The van der Waals surface area contributed by atoms with Crippen LogP contribution in [0.25, 0.3) is 10.2 Å². The van der Waals surface area contributed by atoms with Crippen molar-refractivity contribution < 1.29 is 14.3 Å². The molecular weight excluding hydrogens is 432 g/mol. The fraction of sp³-hybridized carbons (Fsp3) is 0.409. The van der Waals surface area contributed by atoms with E-state index in [-0.39, 0.29) is 17.8 Å². The number of thioether (sulfide) groups is 1. The summed E-state index contributed by atoms with van der Waals surface area (Å²) in [6, 6.07) is 7.53. The van der Waals surface area contributed by atoms with Crippen molar-refractivity contribution in [2.45, 2.75) is 37.4 Å². The smallest absolute Gasteiger partial charge is 0.230 e. The molecule has 0 saturated carbocycles. The number of aryl methyl sites for hydroxylation is 1. The number of aromatic nitrogens is 2. The molecule has 0 radical (unpaired) electrons. The first-order valence-corrected chi connectivity index (χ1v) is 12.2. The first-order chi connectivity index (χ1) is 15.1. The first-order valence-electron chi connectivity index (χ1n) is 10.4. The SMILES string of the molecule is C[C@H]1CCc2c(sc3nc(SCC(=O)NC[C@@H]4COc5ccccc5O4)nc(N)c23)C1. The van der Waals surface area contributed by atoms with Crippen LogP contribution >= 0.6 is 23.1 Å². The summed E-state index contributed by atoms with van der Waals surface area (Å²) in [6.45, 7) is 3.07. The summed E-state index contributed by atoms with van der Waals surface area (Å²) >= 11 is 3.01. The zero-order valence-electron chi connectivity index (χ0n) is 17.2. The predicted octanol–water partition coefficient (Wildman–Crippen LogP) is 3.45. The number of nitrogens with zero attached hydrogens (tertiary/aromatic N) is 2. The van der Waals surface area contributed by atoms with E-state index in [0.29, 0.717) is 35.8 Å². The molecular formula is C22H24N4O3S2. The van der Waals surface area contributed by atoms with Gasteiger partial charge in [0.05, 0.1) is 17.7 Å². The third-order valence-corrected chi connectivity index (χ3v) is 7.58. The molecule has 0 fully saturated rings. The van der Waals surface area contributed by atoms with E-state index in [9.17, 15) is 4.79 Å². The van der Waals surface area contributed by atoms with Crippen molar-refractivity contribution in [1.29, 1.82) is 0 Å². The van der Waals surface area contributed by atoms with Crippen molar-refractivity contribution in [1.82, 2.24) is 15.3 Å². The Morgan fingerprint density at radius 3 is 3.03 bits per heavy atom. The summed E-state index contributed by atoms with van der Waals surface area (Å²) in [4.78, 5) is 23.8. The Morgan fingerprint density at radius 2 is 2.16 bits per heavy atom. The van der Waals surface area contributed by atoms with Crippen molar-refractivity contribution in [3.63, 3.8) is 0 Å². The summed E-state index contributed by atoms with van der Waals surface area (Å²) < 4.78 is 11.5. The van der Waals surface area contributed by atoms with E-state index < -0.39 is 0 Å². The van der Waals surface area contributed by atoms with Crippen molar-refractivity contribution in [2.24, 2.45) is 5.92 Å². The van der Waals surface area contributed by atoms with Crippen molar-refractivity contribution in [3.05, 3.63) is 34.7 Å². The highest BCUT2D eigenvalue weighted by molar-refractivity contribution is 7.99. The largest absolute Gasteiger partial charge is 0.486 e. The van der Waals surface area contributed by atoms with Crippen molar-refractivity contribution in [2.75, 3.05) is 24.6 Å². The number of carbonyl (C=O) groups excluding carboxylic acids is 1. The Kier molecular flexibility index (Phi) is 5.62. The van der Waals surface area contributed by atoms with E-state index in [4.69, 9.17) is 15.2 Å². The molecule has 162 valence electrons. The zero-order chi connectivity index (χ0) is 21.4. The average molecular weight is 457 g/mol. The molecule has 3 aromatic rings.